The van der Waals surface area contributed by atoms with Gasteiger partial charge in [-0.2, -0.15) is 4.98 Å². The molecule has 0 saturated carbocycles. The SMILES string of the molecule is CNC(=O)Nc1nc(N)c(-c2nc(-c3cc(NC(=O)c4cccc(OC)c4)c(F)cc3F)no2)s1. The van der Waals surface area contributed by atoms with Gasteiger partial charge in [0.25, 0.3) is 11.8 Å². The maximum absolute atomic E-state index is 14.6. The molecular formula is C21H17F2N7O4S. The first-order chi connectivity index (χ1) is 16.8. The molecule has 4 rings (SSSR count). The van der Waals surface area contributed by atoms with Gasteiger partial charge in [0.05, 0.1) is 18.4 Å². The Bertz CT molecular complexity index is 1420. The van der Waals surface area contributed by atoms with Gasteiger partial charge in [0.1, 0.15) is 28.1 Å². The minimum absolute atomic E-state index is 0.00224. The summed E-state index contributed by atoms with van der Waals surface area (Å²) in [5.74, 6) is -2.48. The highest BCUT2D eigenvalue weighted by Gasteiger charge is 2.22. The van der Waals surface area contributed by atoms with E-state index in [1.54, 1.807) is 12.1 Å². The highest BCUT2D eigenvalue weighted by Crippen LogP contribution is 2.35. The first-order valence-corrected chi connectivity index (χ1v) is 10.6. The number of halogens is 2. The fraction of sp³-hybridized carbons (Fsp3) is 0.0952. The second kappa shape index (κ2) is 9.72. The predicted molar refractivity (Wildman–Crippen MR) is 124 cm³/mol. The van der Waals surface area contributed by atoms with Gasteiger partial charge in [-0.3, -0.25) is 10.1 Å². The van der Waals surface area contributed by atoms with Crippen LogP contribution in [0.3, 0.4) is 0 Å². The standard InChI is InChI=1S/C21H17F2N7O4S/c1-25-20(32)29-21-27-16(24)15(35-21)19-28-17(30-34-19)11-7-14(13(23)8-12(11)22)26-18(31)9-4-3-5-10(6-9)33-2/h3-8H,24H2,1-2H3,(H,26,31)(H2,25,27,29,32). The maximum atomic E-state index is 14.6. The number of nitrogen functional groups attached to an aromatic ring is 1. The van der Waals surface area contributed by atoms with Gasteiger partial charge in [-0.05, 0) is 24.3 Å². The van der Waals surface area contributed by atoms with E-state index in [1.807, 2.05) is 0 Å². The zero-order chi connectivity index (χ0) is 25.1. The van der Waals surface area contributed by atoms with Crippen LogP contribution in [0.25, 0.3) is 22.2 Å². The van der Waals surface area contributed by atoms with Crippen LogP contribution in [0.4, 0.5) is 30.2 Å². The van der Waals surface area contributed by atoms with Gasteiger partial charge in [0, 0.05) is 18.7 Å². The average molecular weight is 501 g/mol. The molecule has 180 valence electrons. The normalized spacial score (nSPS) is 10.6. The van der Waals surface area contributed by atoms with Crippen molar-refractivity contribution in [1.82, 2.24) is 20.4 Å². The van der Waals surface area contributed by atoms with Crippen LogP contribution in [-0.4, -0.2) is 41.2 Å². The monoisotopic (exact) mass is 501 g/mol. The summed E-state index contributed by atoms with van der Waals surface area (Å²) >= 11 is 0.958. The van der Waals surface area contributed by atoms with Gasteiger partial charge in [-0.15, -0.1) is 0 Å². The molecule has 11 nitrogen and oxygen atoms in total. The molecule has 5 N–H and O–H groups in total. The van der Waals surface area contributed by atoms with Crippen molar-refractivity contribution in [2.75, 3.05) is 30.5 Å². The quantitative estimate of drug-likeness (QED) is 0.311. The molecule has 0 radical (unpaired) electrons. The maximum Gasteiger partial charge on any atom is 0.320 e. The van der Waals surface area contributed by atoms with Crippen LogP contribution >= 0.6 is 11.3 Å². The number of aromatic nitrogens is 3. The van der Waals surface area contributed by atoms with Crippen LogP contribution < -0.4 is 26.4 Å². The van der Waals surface area contributed by atoms with Gasteiger partial charge in [-0.1, -0.05) is 22.6 Å². The van der Waals surface area contributed by atoms with Crippen molar-refractivity contribution in [1.29, 1.82) is 0 Å². The number of rotatable bonds is 6. The molecule has 2 aromatic carbocycles. The summed E-state index contributed by atoms with van der Waals surface area (Å²) in [4.78, 5) is 32.4. The number of methoxy groups -OCH3 is 1. The molecule has 0 bridgehead atoms. The molecule has 0 unspecified atom stereocenters. The van der Waals surface area contributed by atoms with Gasteiger partial charge < -0.3 is 25.6 Å². The molecule has 0 spiro atoms. The molecule has 0 fully saturated rings. The van der Waals surface area contributed by atoms with E-state index in [9.17, 15) is 18.4 Å². The van der Waals surface area contributed by atoms with Crippen molar-refractivity contribution >= 4 is 39.9 Å². The van der Waals surface area contributed by atoms with Crippen LogP contribution in [0.15, 0.2) is 40.9 Å². The number of benzene rings is 2. The number of nitrogens with zero attached hydrogens (tertiary/aromatic N) is 3. The number of urea groups is 1. The fourth-order valence-corrected chi connectivity index (χ4v) is 3.70. The topological polar surface area (TPSA) is 157 Å². The molecule has 2 aromatic heterocycles. The Labute approximate surface area is 200 Å². The minimum Gasteiger partial charge on any atom is -0.497 e. The second-order valence-electron chi connectivity index (χ2n) is 6.86. The van der Waals surface area contributed by atoms with Crippen LogP contribution in [0.5, 0.6) is 5.75 Å². The second-order valence-corrected chi connectivity index (χ2v) is 7.86. The lowest BCUT2D eigenvalue weighted by molar-refractivity contribution is 0.102. The Balaban J connectivity index is 1.61. The van der Waals surface area contributed by atoms with Gasteiger partial charge in [0.15, 0.2) is 5.13 Å². The van der Waals surface area contributed by atoms with Crippen LogP contribution in [0.2, 0.25) is 0 Å². The molecule has 3 amide bonds. The molecule has 2 heterocycles. The highest BCUT2D eigenvalue weighted by atomic mass is 32.1. The lowest BCUT2D eigenvalue weighted by Crippen LogP contribution is -2.24. The molecule has 0 saturated heterocycles. The van der Waals surface area contributed by atoms with E-state index in [-0.39, 0.29) is 44.4 Å². The molecule has 4 aromatic rings. The van der Waals surface area contributed by atoms with Crippen molar-refractivity contribution in [3.63, 3.8) is 0 Å². The summed E-state index contributed by atoms with van der Waals surface area (Å²) in [6.45, 7) is 0. The van der Waals surface area contributed by atoms with Crippen LogP contribution in [-0.2, 0) is 0 Å². The molecule has 0 aliphatic rings. The Kier molecular flexibility index (Phi) is 6.55. The lowest BCUT2D eigenvalue weighted by atomic mass is 10.1. The number of anilines is 3. The smallest absolute Gasteiger partial charge is 0.320 e. The number of carbonyl (C=O) groups excluding carboxylic acids is 2. The van der Waals surface area contributed by atoms with E-state index in [0.717, 1.165) is 17.4 Å². The lowest BCUT2D eigenvalue weighted by Gasteiger charge is -2.09. The molecule has 0 aliphatic carbocycles. The first-order valence-electron chi connectivity index (χ1n) is 9.83. The van der Waals surface area contributed by atoms with Gasteiger partial charge >= 0.3 is 6.03 Å². The van der Waals surface area contributed by atoms with E-state index in [0.29, 0.717) is 11.8 Å². The molecule has 0 atom stereocenters. The van der Waals surface area contributed by atoms with Crippen molar-refractivity contribution in [2.24, 2.45) is 0 Å². The predicted octanol–water partition coefficient (Wildman–Crippen LogP) is 3.73. The Hall–Kier alpha value is -4.59. The minimum atomic E-state index is -0.997. The zero-order valence-electron chi connectivity index (χ0n) is 18.2. The van der Waals surface area contributed by atoms with Crippen molar-refractivity contribution in [2.45, 2.75) is 0 Å². The number of thiazole rings is 1. The third-order valence-electron chi connectivity index (χ3n) is 4.60. The fourth-order valence-electron chi connectivity index (χ4n) is 2.90. The number of hydrogen-bond acceptors (Lipinski definition) is 9. The number of nitrogens with one attached hydrogen (secondary N) is 3. The number of amides is 3. The molecule has 0 aliphatic heterocycles. The van der Waals surface area contributed by atoms with E-state index in [4.69, 9.17) is 15.0 Å². The third-order valence-corrected chi connectivity index (χ3v) is 5.57. The van der Waals surface area contributed by atoms with E-state index in [1.165, 1.54) is 26.3 Å². The summed E-state index contributed by atoms with van der Waals surface area (Å²) in [5.41, 5.74) is 5.55. The van der Waals surface area contributed by atoms with Crippen molar-refractivity contribution in [3.8, 4) is 27.9 Å². The van der Waals surface area contributed by atoms with Crippen LogP contribution in [0.1, 0.15) is 10.4 Å². The first kappa shape index (κ1) is 23.6. The van der Waals surface area contributed by atoms with E-state index in [2.05, 4.69) is 31.1 Å². The Morgan fingerprint density at radius 3 is 2.66 bits per heavy atom. The Morgan fingerprint density at radius 2 is 1.91 bits per heavy atom. The van der Waals surface area contributed by atoms with Gasteiger partial charge in [0.2, 0.25) is 5.82 Å². The summed E-state index contributed by atoms with van der Waals surface area (Å²) in [7, 11) is 2.88. The van der Waals surface area contributed by atoms with E-state index < -0.39 is 23.6 Å². The summed E-state index contributed by atoms with van der Waals surface area (Å²) in [5, 5.41) is 11.1. The zero-order valence-corrected chi connectivity index (χ0v) is 19.0. The summed E-state index contributed by atoms with van der Waals surface area (Å²) in [6, 6.07) is 7.36. The van der Waals surface area contributed by atoms with Gasteiger partial charge in [-0.25, -0.2) is 18.6 Å². The molecule has 35 heavy (non-hydrogen) atoms. The highest BCUT2D eigenvalue weighted by molar-refractivity contribution is 7.19. The van der Waals surface area contributed by atoms with Crippen molar-refractivity contribution < 1.29 is 27.6 Å². The molecule has 14 heteroatoms. The largest absolute Gasteiger partial charge is 0.497 e. The van der Waals surface area contributed by atoms with Crippen molar-refractivity contribution in [3.05, 3.63) is 53.6 Å². The molecular weight excluding hydrogens is 484 g/mol. The third kappa shape index (κ3) is 5.01. The summed E-state index contributed by atoms with van der Waals surface area (Å²) < 4.78 is 39.2. The van der Waals surface area contributed by atoms with E-state index >= 15 is 0 Å². The number of ether oxygens (including phenoxy) is 1. The van der Waals surface area contributed by atoms with Crippen LogP contribution in [0, 0.1) is 11.6 Å². The Morgan fingerprint density at radius 1 is 1.11 bits per heavy atom. The number of nitrogens with two attached hydrogens (primary N) is 1. The average Bonchev–Trinajstić information content (AvgIpc) is 3.47. The summed E-state index contributed by atoms with van der Waals surface area (Å²) in [6.07, 6.45) is 0. The number of carbonyl (C=O) groups is 2. The number of hydrogen-bond donors (Lipinski definition) is 4.